The molecule has 10 heavy (non-hydrogen) atoms. The summed E-state index contributed by atoms with van der Waals surface area (Å²) in [6.07, 6.45) is 4.92. The van der Waals surface area contributed by atoms with Crippen LogP contribution in [0.2, 0.25) is 0 Å². The van der Waals surface area contributed by atoms with E-state index in [1.807, 2.05) is 0 Å². The summed E-state index contributed by atoms with van der Waals surface area (Å²) < 4.78 is 0. The van der Waals surface area contributed by atoms with Crippen molar-refractivity contribution in [3.05, 3.63) is 12.7 Å². The molecule has 0 aromatic rings. The molecule has 1 atom stereocenters. The predicted molar refractivity (Wildman–Crippen MR) is 39.6 cm³/mol. The maximum absolute atomic E-state index is 10.7. The van der Waals surface area contributed by atoms with Crippen LogP contribution in [0.5, 0.6) is 0 Å². The van der Waals surface area contributed by atoms with Gasteiger partial charge < -0.3 is 0 Å². The fourth-order valence-corrected chi connectivity index (χ4v) is 0.909. The summed E-state index contributed by atoms with van der Waals surface area (Å²) in [5.74, 6) is 0.251. The minimum Gasteiger partial charge on any atom is -0.273 e. The van der Waals surface area contributed by atoms with Crippen molar-refractivity contribution < 1.29 is 4.79 Å². The van der Waals surface area contributed by atoms with Gasteiger partial charge in [-0.1, -0.05) is 6.08 Å². The van der Waals surface area contributed by atoms with Crippen molar-refractivity contribution in [2.45, 2.75) is 12.8 Å². The van der Waals surface area contributed by atoms with Crippen molar-refractivity contribution in [1.29, 1.82) is 0 Å². The summed E-state index contributed by atoms with van der Waals surface area (Å²) in [5, 5.41) is 3.69. The van der Waals surface area contributed by atoms with Gasteiger partial charge in [-0.25, -0.2) is 5.43 Å². The molecule has 1 N–H and O–H groups in total. The van der Waals surface area contributed by atoms with Gasteiger partial charge in [-0.3, -0.25) is 4.79 Å². The molecule has 1 unspecified atom stereocenters. The largest absolute Gasteiger partial charge is 0.273 e. The van der Waals surface area contributed by atoms with Gasteiger partial charge in [-0.15, -0.1) is 6.58 Å². The lowest BCUT2D eigenvalue weighted by atomic mass is 10.0. The minimum atomic E-state index is -0.00523. The summed E-state index contributed by atoms with van der Waals surface area (Å²) in [6.45, 7) is 3.59. The zero-order valence-electron chi connectivity index (χ0n) is 5.71. The van der Waals surface area contributed by atoms with Crippen LogP contribution in [0.15, 0.2) is 17.8 Å². The van der Waals surface area contributed by atoms with E-state index in [0.717, 1.165) is 6.42 Å². The number of hydrazone groups is 1. The van der Waals surface area contributed by atoms with E-state index in [0.29, 0.717) is 6.42 Å². The molecule has 0 aromatic heterocycles. The van der Waals surface area contributed by atoms with Crippen molar-refractivity contribution in [1.82, 2.24) is 5.43 Å². The molecule has 1 rings (SSSR count). The van der Waals surface area contributed by atoms with Crippen molar-refractivity contribution in [3.63, 3.8) is 0 Å². The van der Waals surface area contributed by atoms with Gasteiger partial charge in [0.25, 0.3) is 0 Å². The first kappa shape index (κ1) is 6.99. The van der Waals surface area contributed by atoms with Crippen LogP contribution in [-0.2, 0) is 4.79 Å². The summed E-state index contributed by atoms with van der Waals surface area (Å²) in [5.41, 5.74) is 2.37. The number of carbonyl (C=O) groups excluding carboxylic acids is 1. The minimum absolute atomic E-state index is 0.00523. The molecule has 1 amide bonds. The number of hydrogen-bond acceptors (Lipinski definition) is 2. The zero-order valence-corrected chi connectivity index (χ0v) is 5.71. The van der Waals surface area contributed by atoms with E-state index < -0.39 is 0 Å². The third kappa shape index (κ3) is 1.69. The molecular formula is C7H10N2O. The van der Waals surface area contributed by atoms with Gasteiger partial charge in [0, 0.05) is 18.6 Å². The molecule has 0 saturated carbocycles. The normalized spacial score (nSPS) is 24.0. The number of nitrogens with one attached hydrogen (secondary N) is 1. The van der Waals surface area contributed by atoms with Crippen molar-refractivity contribution in [2.75, 3.05) is 0 Å². The van der Waals surface area contributed by atoms with E-state index in [-0.39, 0.29) is 11.8 Å². The fraction of sp³-hybridized carbons (Fsp3) is 0.429. The molecule has 1 aliphatic rings. The van der Waals surface area contributed by atoms with Gasteiger partial charge in [0.15, 0.2) is 0 Å². The fourth-order valence-electron chi connectivity index (χ4n) is 0.909. The maximum atomic E-state index is 10.7. The third-order valence-corrected chi connectivity index (χ3v) is 1.39. The average molecular weight is 138 g/mol. The number of carbonyl (C=O) groups is 1. The van der Waals surface area contributed by atoms with Gasteiger partial charge in [-0.2, -0.15) is 5.10 Å². The van der Waals surface area contributed by atoms with Crippen LogP contribution in [0.1, 0.15) is 12.8 Å². The van der Waals surface area contributed by atoms with Crippen molar-refractivity contribution >= 4 is 12.1 Å². The Hall–Kier alpha value is -1.12. The monoisotopic (exact) mass is 138 g/mol. The van der Waals surface area contributed by atoms with Gasteiger partial charge in [0.1, 0.15) is 0 Å². The molecule has 0 aliphatic carbocycles. The Bertz CT molecular complexity index is 174. The van der Waals surface area contributed by atoms with Gasteiger partial charge in [0.05, 0.1) is 0 Å². The van der Waals surface area contributed by atoms with Gasteiger partial charge >= 0.3 is 0 Å². The van der Waals surface area contributed by atoms with E-state index in [1.165, 1.54) is 0 Å². The second-order valence-electron chi connectivity index (χ2n) is 2.30. The molecule has 0 fully saturated rings. The molecule has 3 heteroatoms. The molecule has 3 nitrogen and oxygen atoms in total. The topological polar surface area (TPSA) is 41.5 Å². The van der Waals surface area contributed by atoms with Crippen LogP contribution in [0.3, 0.4) is 0 Å². The number of allylic oxidation sites excluding steroid dienone is 1. The molecule has 0 radical (unpaired) electrons. The first-order chi connectivity index (χ1) is 4.83. The lowest BCUT2D eigenvalue weighted by Gasteiger charge is -2.12. The number of nitrogens with zero attached hydrogens (tertiary/aromatic N) is 1. The van der Waals surface area contributed by atoms with Crippen LogP contribution < -0.4 is 5.43 Å². The van der Waals surface area contributed by atoms with Crippen LogP contribution in [-0.4, -0.2) is 12.1 Å². The molecular weight excluding hydrogens is 128 g/mol. The molecule has 0 saturated heterocycles. The second kappa shape index (κ2) is 3.15. The van der Waals surface area contributed by atoms with Crippen molar-refractivity contribution in [3.8, 4) is 0 Å². The molecule has 1 aliphatic heterocycles. The highest BCUT2D eigenvalue weighted by atomic mass is 16.2. The Balaban J connectivity index is 2.46. The Morgan fingerprint density at radius 1 is 2.00 bits per heavy atom. The smallest absolute Gasteiger partial charge is 0.240 e. The van der Waals surface area contributed by atoms with E-state index >= 15 is 0 Å². The van der Waals surface area contributed by atoms with E-state index in [4.69, 9.17) is 0 Å². The van der Waals surface area contributed by atoms with Crippen LogP contribution in [0.4, 0.5) is 0 Å². The summed E-state index contributed by atoms with van der Waals surface area (Å²) in [4.78, 5) is 10.7. The van der Waals surface area contributed by atoms with Crippen LogP contribution >= 0.6 is 0 Å². The number of rotatable bonds is 2. The molecule has 0 bridgehead atoms. The molecule has 1 heterocycles. The number of hydrogen-bond donors (Lipinski definition) is 1. The predicted octanol–water partition coefficient (Wildman–Crippen LogP) is 0.684. The Morgan fingerprint density at radius 3 is 3.40 bits per heavy atom. The Morgan fingerprint density at radius 2 is 2.80 bits per heavy atom. The molecule has 54 valence electrons. The Labute approximate surface area is 59.8 Å². The van der Waals surface area contributed by atoms with Crippen LogP contribution in [0.25, 0.3) is 0 Å². The van der Waals surface area contributed by atoms with Crippen molar-refractivity contribution in [2.24, 2.45) is 11.0 Å². The summed E-state index contributed by atoms with van der Waals surface area (Å²) in [6, 6.07) is 0. The van der Waals surface area contributed by atoms with E-state index in [9.17, 15) is 4.79 Å². The number of amides is 1. The highest BCUT2D eigenvalue weighted by Gasteiger charge is 2.13. The molecule has 0 spiro atoms. The van der Waals surface area contributed by atoms with Gasteiger partial charge in [0.2, 0.25) is 5.91 Å². The summed E-state index contributed by atoms with van der Waals surface area (Å²) >= 11 is 0. The lowest BCUT2D eigenvalue weighted by Crippen LogP contribution is -2.26. The average Bonchev–Trinajstić information content (AvgIpc) is 1.88. The van der Waals surface area contributed by atoms with Gasteiger partial charge in [-0.05, 0) is 6.42 Å². The lowest BCUT2D eigenvalue weighted by molar-refractivity contribution is -0.121. The highest BCUT2D eigenvalue weighted by Crippen LogP contribution is 2.08. The van der Waals surface area contributed by atoms with Crippen LogP contribution in [0, 0.1) is 5.92 Å². The first-order valence-corrected chi connectivity index (χ1v) is 3.26. The standard InChI is InChI=1S/C7H10N2O/c1-2-3-6-4-7(10)9-8-5-6/h2,5-6H,1,3-4H2,(H,9,10). The second-order valence-corrected chi connectivity index (χ2v) is 2.30. The van der Waals surface area contributed by atoms with E-state index in [1.54, 1.807) is 12.3 Å². The first-order valence-electron chi connectivity index (χ1n) is 3.26. The zero-order chi connectivity index (χ0) is 7.40. The van der Waals surface area contributed by atoms with E-state index in [2.05, 4.69) is 17.1 Å². The highest BCUT2D eigenvalue weighted by molar-refractivity contribution is 5.83. The Kier molecular flexibility index (Phi) is 2.20. The quantitative estimate of drug-likeness (QED) is 0.560. The maximum Gasteiger partial charge on any atom is 0.240 e. The summed E-state index contributed by atoms with van der Waals surface area (Å²) in [7, 11) is 0. The molecule has 0 aromatic carbocycles. The third-order valence-electron chi connectivity index (χ3n) is 1.39. The SMILES string of the molecule is C=CCC1C=NNC(=O)C1.